The molecule has 3 rings (SSSR count). The molecule has 1 aliphatic heterocycles. The second-order valence-corrected chi connectivity index (χ2v) is 6.53. The Morgan fingerprint density at radius 2 is 2.45 bits per heavy atom. The van der Waals surface area contributed by atoms with Crippen LogP contribution in [-0.4, -0.2) is 50.3 Å². The Morgan fingerprint density at radius 1 is 1.59 bits per heavy atom. The summed E-state index contributed by atoms with van der Waals surface area (Å²) in [6.45, 7) is 3.02. The smallest absolute Gasteiger partial charge is 0.239 e. The fraction of sp³-hybridized carbons (Fsp3) is 0.500. The zero-order chi connectivity index (χ0) is 15.5. The van der Waals surface area contributed by atoms with E-state index >= 15 is 0 Å². The molecule has 0 bridgehead atoms. The maximum absolute atomic E-state index is 12.2. The highest BCUT2D eigenvalue weighted by Gasteiger charge is 2.27. The second kappa shape index (κ2) is 6.53. The van der Waals surface area contributed by atoms with Crippen molar-refractivity contribution in [1.29, 1.82) is 0 Å². The summed E-state index contributed by atoms with van der Waals surface area (Å²) < 4.78 is 6.75. The maximum atomic E-state index is 12.2. The van der Waals surface area contributed by atoms with Gasteiger partial charge in [-0.25, -0.2) is 0 Å². The van der Waals surface area contributed by atoms with E-state index in [0.29, 0.717) is 18.1 Å². The zero-order valence-corrected chi connectivity index (χ0v) is 13.5. The number of rotatable bonds is 4. The van der Waals surface area contributed by atoms with Crippen molar-refractivity contribution in [2.45, 2.75) is 13.0 Å². The summed E-state index contributed by atoms with van der Waals surface area (Å²) in [7, 11) is 1.91. The number of thioether (sulfide) groups is 1. The standard InChI is InChI=1S/C14H19N5O2S/c1-10-5-13(17-21-10)16-14(20)8-19-3-4-22-9-12(19)11-6-15-18(2)7-11/h5-7,12H,3-4,8-9H2,1-2H3,(H,16,17,20)/t12-/m0/s1. The fourth-order valence-corrected chi connectivity index (χ4v) is 3.70. The first kappa shape index (κ1) is 15.1. The summed E-state index contributed by atoms with van der Waals surface area (Å²) in [5, 5.41) is 10.8. The highest BCUT2D eigenvalue weighted by atomic mass is 32.2. The summed E-state index contributed by atoms with van der Waals surface area (Å²) in [4.78, 5) is 14.4. The van der Waals surface area contributed by atoms with E-state index in [2.05, 4.69) is 20.5 Å². The van der Waals surface area contributed by atoms with Gasteiger partial charge in [-0.1, -0.05) is 5.16 Å². The molecule has 0 spiro atoms. The average molecular weight is 321 g/mol. The first-order chi connectivity index (χ1) is 10.6. The molecule has 2 aromatic heterocycles. The molecule has 7 nitrogen and oxygen atoms in total. The third-order valence-electron chi connectivity index (χ3n) is 3.59. The van der Waals surface area contributed by atoms with E-state index in [9.17, 15) is 4.79 Å². The van der Waals surface area contributed by atoms with Crippen LogP contribution in [0.15, 0.2) is 23.0 Å². The molecular formula is C14H19N5O2S. The number of aryl methyl sites for hydroxylation is 2. The number of anilines is 1. The van der Waals surface area contributed by atoms with Gasteiger partial charge in [0.05, 0.1) is 12.7 Å². The SMILES string of the molecule is Cc1cc(NC(=O)CN2CCSC[C@H]2c2cnn(C)c2)no1. The molecule has 1 amide bonds. The quantitative estimate of drug-likeness (QED) is 0.918. The van der Waals surface area contributed by atoms with Crippen molar-refractivity contribution >= 4 is 23.5 Å². The molecule has 22 heavy (non-hydrogen) atoms. The lowest BCUT2D eigenvalue weighted by Crippen LogP contribution is -2.41. The molecule has 1 fully saturated rings. The predicted molar refractivity (Wildman–Crippen MR) is 84.7 cm³/mol. The number of nitrogens with one attached hydrogen (secondary N) is 1. The summed E-state index contributed by atoms with van der Waals surface area (Å²) >= 11 is 1.91. The minimum absolute atomic E-state index is 0.0749. The second-order valence-electron chi connectivity index (χ2n) is 5.38. The summed E-state index contributed by atoms with van der Waals surface area (Å²) in [5.74, 6) is 3.08. The van der Waals surface area contributed by atoms with Crippen LogP contribution in [0.25, 0.3) is 0 Å². The number of carbonyl (C=O) groups excluding carboxylic acids is 1. The van der Waals surface area contributed by atoms with E-state index in [1.54, 1.807) is 17.7 Å². The molecule has 1 atom stereocenters. The molecule has 8 heteroatoms. The normalized spacial score (nSPS) is 19.3. The van der Waals surface area contributed by atoms with Crippen LogP contribution >= 0.6 is 11.8 Å². The first-order valence-corrected chi connectivity index (χ1v) is 8.31. The van der Waals surface area contributed by atoms with Gasteiger partial charge < -0.3 is 9.84 Å². The minimum atomic E-state index is -0.0749. The van der Waals surface area contributed by atoms with Gasteiger partial charge in [0.25, 0.3) is 0 Å². The summed E-state index contributed by atoms with van der Waals surface area (Å²) in [6, 6.07) is 1.93. The van der Waals surface area contributed by atoms with Gasteiger partial charge in [-0.3, -0.25) is 14.4 Å². The average Bonchev–Trinajstić information content (AvgIpc) is 3.08. The molecule has 0 unspecified atom stereocenters. The summed E-state index contributed by atoms with van der Waals surface area (Å²) in [5.41, 5.74) is 1.15. The van der Waals surface area contributed by atoms with Crippen molar-refractivity contribution in [2.24, 2.45) is 7.05 Å². The van der Waals surface area contributed by atoms with Crippen molar-refractivity contribution in [3.63, 3.8) is 0 Å². The van der Waals surface area contributed by atoms with E-state index in [4.69, 9.17) is 4.52 Å². The Hall–Kier alpha value is -1.80. The van der Waals surface area contributed by atoms with E-state index in [1.807, 2.05) is 31.2 Å². The summed E-state index contributed by atoms with van der Waals surface area (Å²) in [6.07, 6.45) is 3.89. The molecular weight excluding hydrogens is 302 g/mol. The number of aromatic nitrogens is 3. The Kier molecular flexibility index (Phi) is 4.49. The Labute approximate surface area is 133 Å². The van der Waals surface area contributed by atoms with Crippen LogP contribution in [0.3, 0.4) is 0 Å². The lowest BCUT2D eigenvalue weighted by Gasteiger charge is -2.34. The molecule has 1 aliphatic rings. The van der Waals surface area contributed by atoms with Crippen LogP contribution in [0.4, 0.5) is 5.82 Å². The molecule has 1 N–H and O–H groups in total. The lowest BCUT2D eigenvalue weighted by atomic mass is 10.1. The van der Waals surface area contributed by atoms with Crippen molar-refractivity contribution in [2.75, 3.05) is 29.9 Å². The van der Waals surface area contributed by atoms with E-state index in [1.165, 1.54) is 0 Å². The van der Waals surface area contributed by atoms with Crippen molar-refractivity contribution < 1.29 is 9.32 Å². The van der Waals surface area contributed by atoms with E-state index in [0.717, 1.165) is 23.6 Å². The Morgan fingerprint density at radius 3 is 3.14 bits per heavy atom. The van der Waals surface area contributed by atoms with Crippen LogP contribution in [-0.2, 0) is 11.8 Å². The molecule has 2 aromatic rings. The molecule has 0 saturated carbocycles. The highest BCUT2D eigenvalue weighted by Crippen LogP contribution is 2.28. The van der Waals surface area contributed by atoms with Gasteiger partial charge in [0.15, 0.2) is 5.82 Å². The Balaban J connectivity index is 1.64. The van der Waals surface area contributed by atoms with E-state index < -0.39 is 0 Å². The third kappa shape index (κ3) is 3.50. The van der Waals surface area contributed by atoms with E-state index in [-0.39, 0.29) is 11.9 Å². The van der Waals surface area contributed by atoms with Gasteiger partial charge in [0, 0.05) is 49.0 Å². The van der Waals surface area contributed by atoms with Crippen LogP contribution in [0.2, 0.25) is 0 Å². The fourth-order valence-electron chi connectivity index (χ4n) is 2.54. The number of hydrogen-bond donors (Lipinski definition) is 1. The number of hydrogen-bond acceptors (Lipinski definition) is 6. The number of nitrogens with zero attached hydrogens (tertiary/aromatic N) is 4. The van der Waals surface area contributed by atoms with Gasteiger partial charge in [-0.2, -0.15) is 16.9 Å². The van der Waals surface area contributed by atoms with Crippen LogP contribution in [0.5, 0.6) is 0 Å². The first-order valence-electron chi connectivity index (χ1n) is 7.15. The highest BCUT2D eigenvalue weighted by molar-refractivity contribution is 7.99. The largest absolute Gasteiger partial charge is 0.360 e. The van der Waals surface area contributed by atoms with Crippen LogP contribution in [0.1, 0.15) is 17.4 Å². The lowest BCUT2D eigenvalue weighted by molar-refractivity contribution is -0.117. The third-order valence-corrected chi connectivity index (χ3v) is 4.61. The molecule has 3 heterocycles. The van der Waals surface area contributed by atoms with Gasteiger partial charge in [-0.15, -0.1) is 0 Å². The maximum Gasteiger partial charge on any atom is 0.239 e. The number of amides is 1. The monoisotopic (exact) mass is 321 g/mol. The van der Waals surface area contributed by atoms with Crippen LogP contribution in [0, 0.1) is 6.92 Å². The van der Waals surface area contributed by atoms with Gasteiger partial charge in [0.1, 0.15) is 5.76 Å². The number of carbonyl (C=O) groups is 1. The molecule has 0 radical (unpaired) electrons. The van der Waals surface area contributed by atoms with Gasteiger partial charge in [-0.05, 0) is 6.92 Å². The topological polar surface area (TPSA) is 76.2 Å². The van der Waals surface area contributed by atoms with Gasteiger partial charge in [0.2, 0.25) is 5.91 Å². The minimum Gasteiger partial charge on any atom is -0.360 e. The van der Waals surface area contributed by atoms with Crippen LogP contribution < -0.4 is 5.32 Å². The molecule has 1 saturated heterocycles. The Bertz CT molecular complexity index is 653. The molecule has 0 aliphatic carbocycles. The molecule has 0 aromatic carbocycles. The molecule has 118 valence electrons. The van der Waals surface area contributed by atoms with Crippen molar-refractivity contribution in [1.82, 2.24) is 19.8 Å². The van der Waals surface area contributed by atoms with Gasteiger partial charge >= 0.3 is 0 Å². The van der Waals surface area contributed by atoms with Crippen molar-refractivity contribution in [3.8, 4) is 0 Å². The van der Waals surface area contributed by atoms with Crippen molar-refractivity contribution in [3.05, 3.63) is 29.8 Å². The zero-order valence-electron chi connectivity index (χ0n) is 12.7. The predicted octanol–water partition coefficient (Wildman–Crippen LogP) is 1.45.